The molecule has 2 aliphatic heterocycles. The van der Waals surface area contributed by atoms with E-state index in [9.17, 15) is 9.59 Å². The topological polar surface area (TPSA) is 52.6 Å². The Morgan fingerprint density at radius 1 is 1.14 bits per heavy atom. The van der Waals surface area contributed by atoms with Gasteiger partial charge in [-0.2, -0.15) is 0 Å². The van der Waals surface area contributed by atoms with E-state index in [0.29, 0.717) is 11.8 Å². The summed E-state index contributed by atoms with van der Waals surface area (Å²) in [5.74, 6) is 1.11. The third-order valence-electron chi connectivity index (χ3n) is 5.40. The summed E-state index contributed by atoms with van der Waals surface area (Å²) in [5.41, 5.74) is 0. The number of nitrogens with zero attached hydrogens (tertiary/aromatic N) is 2. The number of rotatable bonds is 4. The van der Waals surface area contributed by atoms with Gasteiger partial charge in [-0.3, -0.25) is 9.59 Å². The van der Waals surface area contributed by atoms with Crippen molar-refractivity contribution in [2.75, 3.05) is 26.2 Å². The summed E-state index contributed by atoms with van der Waals surface area (Å²) in [6, 6.07) is -0.555. The van der Waals surface area contributed by atoms with Crippen LogP contribution in [0.3, 0.4) is 0 Å². The third-order valence-corrected chi connectivity index (χ3v) is 5.40. The Kier molecular flexibility index (Phi) is 4.20. The minimum atomic E-state index is -0.309. The Morgan fingerprint density at radius 2 is 1.81 bits per heavy atom. The van der Waals surface area contributed by atoms with E-state index < -0.39 is 0 Å². The third kappa shape index (κ3) is 3.07. The van der Waals surface area contributed by atoms with Crippen molar-refractivity contribution < 1.29 is 9.59 Å². The van der Waals surface area contributed by atoms with Gasteiger partial charge < -0.3 is 15.1 Å². The molecule has 5 nitrogen and oxygen atoms in total. The molecule has 2 unspecified atom stereocenters. The molecule has 118 valence electrons. The van der Waals surface area contributed by atoms with Gasteiger partial charge in [0.1, 0.15) is 12.1 Å². The summed E-state index contributed by atoms with van der Waals surface area (Å²) in [7, 11) is 0. The molecule has 3 rings (SSSR count). The molecule has 0 bridgehead atoms. The number of carbonyl (C=O) groups is 2. The van der Waals surface area contributed by atoms with Crippen LogP contribution in [0.15, 0.2) is 0 Å². The molecule has 5 heteroatoms. The first-order chi connectivity index (χ1) is 10.1. The van der Waals surface area contributed by atoms with Gasteiger partial charge in [0.05, 0.1) is 0 Å². The maximum Gasteiger partial charge on any atom is 0.246 e. The second-order valence-electron chi connectivity index (χ2n) is 6.87. The van der Waals surface area contributed by atoms with Gasteiger partial charge in [-0.05, 0) is 64.1 Å². The number of hydrogen-bond donors (Lipinski definition) is 1. The monoisotopic (exact) mass is 293 g/mol. The Hall–Kier alpha value is -1.10. The average molecular weight is 293 g/mol. The van der Waals surface area contributed by atoms with Crippen molar-refractivity contribution in [3.8, 4) is 0 Å². The molecule has 0 spiro atoms. The molecule has 3 fully saturated rings. The fraction of sp³-hybridized carbons (Fsp3) is 0.875. The molecule has 0 radical (unpaired) electrons. The van der Waals surface area contributed by atoms with Crippen molar-refractivity contribution in [3.63, 3.8) is 0 Å². The Bertz CT molecular complexity index is 414. The predicted molar refractivity (Wildman–Crippen MR) is 80.7 cm³/mol. The SMILES string of the molecule is CCN1CCC(CN2C(=O)C(C3CC3)NC(=O)C2C)CC1. The van der Waals surface area contributed by atoms with Crippen LogP contribution in [0.25, 0.3) is 0 Å². The van der Waals surface area contributed by atoms with Crippen molar-refractivity contribution in [3.05, 3.63) is 0 Å². The molecule has 3 aliphatic rings. The smallest absolute Gasteiger partial charge is 0.246 e. The molecule has 1 saturated carbocycles. The highest BCUT2D eigenvalue weighted by molar-refractivity contribution is 5.97. The van der Waals surface area contributed by atoms with Gasteiger partial charge in [0.25, 0.3) is 0 Å². The molecular weight excluding hydrogens is 266 g/mol. The number of nitrogens with one attached hydrogen (secondary N) is 1. The fourth-order valence-electron chi connectivity index (χ4n) is 3.61. The van der Waals surface area contributed by atoms with Crippen LogP contribution in [0.2, 0.25) is 0 Å². The average Bonchev–Trinajstić information content (AvgIpc) is 3.32. The fourth-order valence-corrected chi connectivity index (χ4v) is 3.61. The lowest BCUT2D eigenvalue weighted by molar-refractivity contribution is -0.150. The van der Waals surface area contributed by atoms with E-state index in [0.717, 1.165) is 51.9 Å². The Balaban J connectivity index is 1.62. The number of hydrogen-bond acceptors (Lipinski definition) is 3. The molecule has 0 aromatic carbocycles. The molecule has 2 amide bonds. The molecule has 0 aromatic rings. The van der Waals surface area contributed by atoms with Crippen LogP contribution in [0.5, 0.6) is 0 Å². The maximum absolute atomic E-state index is 12.7. The van der Waals surface area contributed by atoms with E-state index in [2.05, 4.69) is 17.1 Å². The highest BCUT2D eigenvalue weighted by atomic mass is 16.2. The number of likely N-dealkylation sites (tertiary alicyclic amines) is 1. The summed E-state index contributed by atoms with van der Waals surface area (Å²) < 4.78 is 0. The minimum absolute atomic E-state index is 0.0255. The highest BCUT2D eigenvalue weighted by Gasteiger charge is 2.45. The van der Waals surface area contributed by atoms with Crippen molar-refractivity contribution in [1.82, 2.24) is 15.1 Å². The van der Waals surface area contributed by atoms with Crippen LogP contribution in [0, 0.1) is 11.8 Å². The van der Waals surface area contributed by atoms with Crippen LogP contribution < -0.4 is 5.32 Å². The quantitative estimate of drug-likeness (QED) is 0.836. The number of piperidine rings is 1. The molecule has 21 heavy (non-hydrogen) atoms. The van der Waals surface area contributed by atoms with Crippen molar-refractivity contribution in [2.24, 2.45) is 11.8 Å². The van der Waals surface area contributed by atoms with Crippen molar-refractivity contribution >= 4 is 11.8 Å². The lowest BCUT2D eigenvalue weighted by atomic mass is 9.94. The number of amides is 2. The standard InChI is InChI=1S/C16H27N3O2/c1-3-18-8-6-12(7-9-18)10-19-11(2)15(20)17-14(16(19)21)13-4-5-13/h11-14H,3-10H2,1-2H3,(H,17,20). The van der Waals surface area contributed by atoms with Crippen LogP contribution in [-0.4, -0.2) is 59.9 Å². The highest BCUT2D eigenvalue weighted by Crippen LogP contribution is 2.35. The zero-order valence-corrected chi connectivity index (χ0v) is 13.2. The number of piperazine rings is 1. The van der Waals surface area contributed by atoms with Crippen LogP contribution in [0.4, 0.5) is 0 Å². The second kappa shape index (κ2) is 5.95. The largest absolute Gasteiger partial charge is 0.342 e. The summed E-state index contributed by atoms with van der Waals surface area (Å²) in [5, 5.41) is 2.92. The minimum Gasteiger partial charge on any atom is -0.342 e. The maximum atomic E-state index is 12.7. The van der Waals surface area contributed by atoms with E-state index in [-0.39, 0.29) is 23.9 Å². The van der Waals surface area contributed by atoms with E-state index in [1.165, 1.54) is 0 Å². The molecule has 2 atom stereocenters. The zero-order valence-electron chi connectivity index (χ0n) is 13.2. The summed E-state index contributed by atoms with van der Waals surface area (Å²) in [6.07, 6.45) is 4.43. The molecule has 1 N–H and O–H groups in total. The van der Waals surface area contributed by atoms with Gasteiger partial charge in [-0.15, -0.1) is 0 Å². The van der Waals surface area contributed by atoms with Crippen molar-refractivity contribution in [1.29, 1.82) is 0 Å². The van der Waals surface area contributed by atoms with E-state index in [1.807, 2.05) is 11.8 Å². The van der Waals surface area contributed by atoms with Gasteiger partial charge >= 0.3 is 0 Å². The van der Waals surface area contributed by atoms with E-state index >= 15 is 0 Å². The van der Waals surface area contributed by atoms with E-state index in [1.54, 1.807) is 0 Å². The van der Waals surface area contributed by atoms with Gasteiger partial charge in [0.15, 0.2) is 0 Å². The molecule has 2 saturated heterocycles. The van der Waals surface area contributed by atoms with E-state index in [4.69, 9.17) is 0 Å². The predicted octanol–water partition coefficient (Wildman–Crippen LogP) is 0.844. The van der Waals surface area contributed by atoms with Crippen LogP contribution in [0.1, 0.15) is 39.5 Å². The number of carbonyl (C=O) groups excluding carboxylic acids is 2. The van der Waals surface area contributed by atoms with Crippen molar-refractivity contribution in [2.45, 2.75) is 51.6 Å². The molecular formula is C16H27N3O2. The zero-order chi connectivity index (χ0) is 15.0. The van der Waals surface area contributed by atoms with Crippen LogP contribution in [-0.2, 0) is 9.59 Å². The summed E-state index contributed by atoms with van der Waals surface area (Å²) in [6.45, 7) is 8.16. The van der Waals surface area contributed by atoms with Crippen LogP contribution >= 0.6 is 0 Å². The first kappa shape index (κ1) is 14.8. The Morgan fingerprint density at radius 3 is 2.38 bits per heavy atom. The first-order valence-corrected chi connectivity index (χ1v) is 8.43. The van der Waals surface area contributed by atoms with Gasteiger partial charge in [0, 0.05) is 6.54 Å². The lowest BCUT2D eigenvalue weighted by Gasteiger charge is -2.41. The first-order valence-electron chi connectivity index (χ1n) is 8.43. The molecule has 1 aliphatic carbocycles. The molecule has 0 aromatic heterocycles. The second-order valence-corrected chi connectivity index (χ2v) is 6.87. The van der Waals surface area contributed by atoms with Gasteiger partial charge in [-0.25, -0.2) is 0 Å². The lowest BCUT2D eigenvalue weighted by Crippen LogP contribution is -2.64. The summed E-state index contributed by atoms with van der Waals surface area (Å²) in [4.78, 5) is 29.1. The normalized spacial score (nSPS) is 32.4. The Labute approximate surface area is 127 Å². The molecule has 2 heterocycles. The summed E-state index contributed by atoms with van der Waals surface area (Å²) >= 11 is 0. The van der Waals surface area contributed by atoms with Gasteiger partial charge in [-0.1, -0.05) is 6.92 Å². The van der Waals surface area contributed by atoms with Gasteiger partial charge in [0.2, 0.25) is 11.8 Å².